The molecule has 17 heteroatoms. The monoisotopic (exact) mass is 853 g/mol. The Hall–Kier alpha value is -3.91. The molecule has 10 unspecified atom stereocenters. The van der Waals surface area contributed by atoms with Gasteiger partial charge in [-0.3, -0.25) is 0 Å². The summed E-state index contributed by atoms with van der Waals surface area (Å²) in [4.78, 5) is 37.4. The zero-order chi connectivity index (χ0) is 42.7. The van der Waals surface area contributed by atoms with Crippen LogP contribution in [0.2, 0.25) is 0 Å². The Kier molecular flexibility index (Phi) is 13.8. The minimum absolute atomic E-state index is 0.0265. The molecule has 10 atom stereocenters. The van der Waals surface area contributed by atoms with Crippen LogP contribution in [0.3, 0.4) is 0 Å². The number of ether oxygens (including phenoxy) is 11. The van der Waals surface area contributed by atoms with E-state index in [1.54, 1.807) is 0 Å². The number of hydrogen-bond acceptors (Lipinski definition) is 14. The molecule has 8 heterocycles. The van der Waals surface area contributed by atoms with Crippen LogP contribution in [-0.2, 0) is 67.7 Å². The molecule has 7 aliphatic heterocycles. The van der Waals surface area contributed by atoms with Gasteiger partial charge in [-0.25, -0.2) is 28.1 Å². The van der Waals surface area contributed by atoms with Crippen LogP contribution in [0, 0.1) is 0 Å². The van der Waals surface area contributed by atoms with E-state index in [1.807, 2.05) is 31.2 Å². The van der Waals surface area contributed by atoms with Crippen molar-refractivity contribution in [1.82, 2.24) is 13.7 Å². The molecule has 0 amide bonds. The molecule has 7 fully saturated rings. The molecule has 0 radical (unpaired) electrons. The Balaban J connectivity index is 0.000000133. The largest absolute Gasteiger partial charge is 0.491 e. The molecular formula is C44H59N3O14. The van der Waals surface area contributed by atoms with E-state index < -0.39 is 17.1 Å². The van der Waals surface area contributed by atoms with Gasteiger partial charge in [0.05, 0.1) is 103 Å². The highest BCUT2D eigenvalue weighted by atomic mass is 16.6. The van der Waals surface area contributed by atoms with Crippen molar-refractivity contribution in [2.45, 2.75) is 121 Å². The van der Waals surface area contributed by atoms with Gasteiger partial charge in [-0.1, -0.05) is 38.1 Å². The van der Waals surface area contributed by atoms with Crippen molar-refractivity contribution in [2.75, 3.05) is 66.1 Å². The zero-order valence-electron chi connectivity index (χ0n) is 35.6. The van der Waals surface area contributed by atoms with Crippen LogP contribution in [-0.4, -0.2) is 141 Å². The lowest BCUT2D eigenvalue weighted by Gasteiger charge is -2.26. The molecule has 0 N–H and O–H groups in total. The van der Waals surface area contributed by atoms with E-state index in [2.05, 4.69) is 52.0 Å². The van der Waals surface area contributed by atoms with Gasteiger partial charge in [0, 0.05) is 5.41 Å². The van der Waals surface area contributed by atoms with Gasteiger partial charge in [0.15, 0.2) is 0 Å². The highest BCUT2D eigenvalue weighted by molar-refractivity contribution is 5.42. The van der Waals surface area contributed by atoms with Gasteiger partial charge >= 0.3 is 17.1 Å². The third-order valence-corrected chi connectivity index (χ3v) is 11.6. The SMILES string of the molecule is CC1OC1COCCOCC1CO1.CC1OC1COc1ccc(C(C)(C)c2ccc(OCC3CO3)cc2)cc1.CC1OC1Cn1c(=O)n(CC2CO2)c(=O)n(CC2CO2)c1=O. The fraction of sp³-hybridized carbons (Fsp3) is 0.659. The molecule has 0 saturated carbocycles. The van der Waals surface area contributed by atoms with Crippen LogP contribution in [0.1, 0.15) is 45.7 Å². The maximum absolute atomic E-state index is 12.5. The predicted molar refractivity (Wildman–Crippen MR) is 219 cm³/mol. The summed E-state index contributed by atoms with van der Waals surface area (Å²) in [5.41, 5.74) is 0.622. The second-order valence-corrected chi connectivity index (χ2v) is 17.1. The van der Waals surface area contributed by atoms with E-state index in [1.165, 1.54) is 11.1 Å². The molecule has 7 saturated heterocycles. The van der Waals surface area contributed by atoms with Gasteiger partial charge in [-0.15, -0.1) is 0 Å². The molecule has 2 aromatic carbocycles. The summed E-state index contributed by atoms with van der Waals surface area (Å²) < 4.78 is 61.6. The fourth-order valence-electron chi connectivity index (χ4n) is 6.65. The number of aromatic nitrogens is 3. The summed E-state index contributed by atoms with van der Waals surface area (Å²) in [5.74, 6) is 1.78. The standard InChI is InChI=1S/C22H26O4.C13H17N3O6.C9H16O4/c1-15-21(26-15)14-25-19-10-6-17(7-11-19)22(2,3)16-4-8-18(9-5-16)23-12-20-13-24-20;1-7-10(22-7)4-16-12(18)14(2-8-5-20-8)11(17)15(13(16)19)3-9-6-21-9;1-7-9(13-7)6-11-3-2-10-4-8-5-12-8/h4-11,15,20-21H,12-14H2,1-3H3;7-10H,2-6H2,1H3;7-9H,2-6H2,1H3. The van der Waals surface area contributed by atoms with Gasteiger partial charge in [0.1, 0.15) is 55.2 Å². The van der Waals surface area contributed by atoms with Crippen LogP contribution >= 0.6 is 0 Å². The predicted octanol–water partition coefficient (Wildman–Crippen LogP) is 1.92. The number of epoxide rings is 7. The Labute approximate surface area is 354 Å². The molecule has 7 aliphatic rings. The summed E-state index contributed by atoms with van der Waals surface area (Å²) in [7, 11) is 0. The average Bonchev–Trinajstić information content (AvgIpc) is 4.03. The molecule has 61 heavy (non-hydrogen) atoms. The number of nitrogens with zero attached hydrogens (tertiary/aromatic N) is 3. The van der Waals surface area contributed by atoms with Crippen molar-refractivity contribution in [1.29, 1.82) is 0 Å². The van der Waals surface area contributed by atoms with Gasteiger partial charge in [0.25, 0.3) is 0 Å². The van der Waals surface area contributed by atoms with Crippen LogP contribution < -0.4 is 26.5 Å². The number of hydrogen-bond donors (Lipinski definition) is 0. The molecule has 0 aliphatic carbocycles. The molecule has 334 valence electrons. The summed E-state index contributed by atoms with van der Waals surface area (Å²) in [5, 5.41) is 0. The molecule has 17 nitrogen and oxygen atoms in total. The van der Waals surface area contributed by atoms with Crippen LogP contribution in [0.5, 0.6) is 11.5 Å². The molecule has 10 rings (SSSR count). The van der Waals surface area contributed by atoms with Gasteiger partial charge in [0.2, 0.25) is 0 Å². The van der Waals surface area contributed by atoms with Crippen LogP contribution in [0.15, 0.2) is 62.9 Å². The first-order valence-corrected chi connectivity index (χ1v) is 21.4. The summed E-state index contributed by atoms with van der Waals surface area (Å²) in [6.45, 7) is 17.7. The second kappa shape index (κ2) is 19.2. The first-order chi connectivity index (χ1) is 29.4. The van der Waals surface area contributed by atoms with E-state index in [-0.39, 0.29) is 61.7 Å². The van der Waals surface area contributed by atoms with Crippen molar-refractivity contribution in [3.8, 4) is 11.5 Å². The smallest absolute Gasteiger partial charge is 0.336 e. The average molecular weight is 854 g/mol. The molecule has 1 aromatic heterocycles. The maximum Gasteiger partial charge on any atom is 0.336 e. The Morgan fingerprint density at radius 2 is 0.869 bits per heavy atom. The topological polar surface area (TPSA) is 191 Å². The molecule has 0 bridgehead atoms. The summed E-state index contributed by atoms with van der Waals surface area (Å²) in [6, 6.07) is 16.7. The minimum atomic E-state index is -0.596. The summed E-state index contributed by atoms with van der Waals surface area (Å²) >= 11 is 0. The van der Waals surface area contributed by atoms with Crippen molar-refractivity contribution in [3.63, 3.8) is 0 Å². The Morgan fingerprint density at radius 3 is 1.28 bits per heavy atom. The fourth-order valence-corrected chi connectivity index (χ4v) is 6.65. The van der Waals surface area contributed by atoms with Gasteiger partial charge in [-0.2, -0.15) is 0 Å². The van der Waals surface area contributed by atoms with Crippen molar-refractivity contribution in [2.24, 2.45) is 0 Å². The quantitative estimate of drug-likeness (QED) is 0.112. The first kappa shape index (κ1) is 43.7. The molecule has 0 spiro atoms. The van der Waals surface area contributed by atoms with E-state index in [4.69, 9.17) is 52.1 Å². The highest BCUT2D eigenvalue weighted by Crippen LogP contribution is 2.34. The van der Waals surface area contributed by atoms with Gasteiger partial charge < -0.3 is 52.1 Å². The third-order valence-electron chi connectivity index (χ3n) is 11.6. The van der Waals surface area contributed by atoms with E-state index >= 15 is 0 Å². The minimum Gasteiger partial charge on any atom is -0.491 e. The second-order valence-electron chi connectivity index (χ2n) is 17.1. The van der Waals surface area contributed by atoms with Gasteiger partial charge in [-0.05, 0) is 56.2 Å². The van der Waals surface area contributed by atoms with Crippen molar-refractivity contribution >= 4 is 0 Å². The molecule has 3 aromatic rings. The molecular weight excluding hydrogens is 794 g/mol. The number of rotatable bonds is 21. The van der Waals surface area contributed by atoms with E-state index in [9.17, 15) is 14.4 Å². The first-order valence-electron chi connectivity index (χ1n) is 21.4. The van der Waals surface area contributed by atoms with Crippen molar-refractivity contribution < 1.29 is 52.1 Å². The lowest BCUT2D eigenvalue weighted by Crippen LogP contribution is -2.55. The number of benzene rings is 2. The Morgan fingerprint density at radius 1 is 0.508 bits per heavy atom. The lowest BCUT2D eigenvalue weighted by atomic mass is 9.78. The van der Waals surface area contributed by atoms with E-state index in [0.717, 1.165) is 38.4 Å². The van der Waals surface area contributed by atoms with Crippen LogP contribution in [0.25, 0.3) is 0 Å². The van der Waals surface area contributed by atoms with Crippen molar-refractivity contribution in [3.05, 3.63) is 91.1 Å². The normalized spacial score (nSPS) is 29.6. The maximum atomic E-state index is 12.5. The van der Waals surface area contributed by atoms with Crippen LogP contribution in [0.4, 0.5) is 0 Å². The summed E-state index contributed by atoms with van der Waals surface area (Å²) in [6.07, 6.45) is 1.55. The Bertz CT molecular complexity index is 2030. The third kappa shape index (κ3) is 12.8. The zero-order valence-corrected chi connectivity index (χ0v) is 35.6. The lowest BCUT2D eigenvalue weighted by molar-refractivity contribution is 0.0366. The highest BCUT2D eigenvalue weighted by Gasteiger charge is 2.38. The van der Waals surface area contributed by atoms with E-state index in [0.29, 0.717) is 77.3 Å².